The van der Waals surface area contributed by atoms with Crippen molar-refractivity contribution in [2.75, 3.05) is 19.7 Å². The van der Waals surface area contributed by atoms with Crippen LogP contribution in [0.2, 0.25) is 0 Å². The van der Waals surface area contributed by atoms with Crippen LogP contribution in [0, 0.1) is 5.92 Å². The molecule has 1 heterocycles. The molecule has 1 saturated carbocycles. The van der Waals surface area contributed by atoms with Gasteiger partial charge in [-0.05, 0) is 25.2 Å². The number of aliphatic carboxylic acids is 1. The quantitative estimate of drug-likeness (QED) is 0.811. The van der Waals surface area contributed by atoms with Crippen LogP contribution in [-0.4, -0.2) is 63.8 Å². The number of carbonyl (C=O) groups is 2. The fourth-order valence-corrected chi connectivity index (χ4v) is 3.40. The minimum absolute atomic E-state index is 0.0360. The Morgan fingerprint density at radius 3 is 2.45 bits per heavy atom. The van der Waals surface area contributed by atoms with E-state index in [9.17, 15) is 14.7 Å². The molecule has 2 rings (SSSR count). The molecule has 0 spiro atoms. The Kier molecular flexibility index (Phi) is 4.86. The van der Waals surface area contributed by atoms with Crippen molar-refractivity contribution in [2.45, 2.75) is 51.1 Å². The smallest absolute Gasteiger partial charge is 0.323 e. The van der Waals surface area contributed by atoms with Crippen molar-refractivity contribution < 1.29 is 19.8 Å². The number of rotatable bonds is 4. The van der Waals surface area contributed by atoms with Gasteiger partial charge in [0.05, 0.1) is 12.6 Å². The number of nitrogens with zero attached hydrogens (tertiary/aromatic N) is 2. The molecule has 2 aliphatic rings. The SMILES string of the molecule is CC1CCN(C(=O)N(CC(=O)O)C2CCCC2)C1CO. The summed E-state index contributed by atoms with van der Waals surface area (Å²) in [5.41, 5.74) is 0. The second-order valence-corrected chi connectivity index (χ2v) is 5.95. The first kappa shape index (κ1) is 15.1. The molecule has 0 aromatic heterocycles. The fourth-order valence-electron chi connectivity index (χ4n) is 3.40. The van der Waals surface area contributed by atoms with Gasteiger partial charge in [0.1, 0.15) is 6.54 Å². The second kappa shape index (κ2) is 6.43. The van der Waals surface area contributed by atoms with Crippen molar-refractivity contribution in [3.05, 3.63) is 0 Å². The first-order valence-corrected chi connectivity index (χ1v) is 7.44. The minimum Gasteiger partial charge on any atom is -0.480 e. The molecule has 2 unspecified atom stereocenters. The standard InChI is InChI=1S/C14H24N2O4/c1-10-6-7-15(12(10)9-17)14(20)16(8-13(18)19)11-4-2-3-5-11/h10-12,17H,2-9H2,1H3,(H,18,19). The van der Waals surface area contributed by atoms with Crippen LogP contribution < -0.4 is 0 Å². The Morgan fingerprint density at radius 1 is 1.25 bits per heavy atom. The highest BCUT2D eigenvalue weighted by Gasteiger charge is 2.39. The average Bonchev–Trinajstić information content (AvgIpc) is 3.04. The van der Waals surface area contributed by atoms with Crippen LogP contribution in [-0.2, 0) is 4.79 Å². The van der Waals surface area contributed by atoms with Gasteiger partial charge >= 0.3 is 12.0 Å². The highest BCUT2D eigenvalue weighted by Crippen LogP contribution is 2.28. The zero-order valence-electron chi connectivity index (χ0n) is 12.0. The number of carboxylic acid groups (broad SMARTS) is 1. The van der Waals surface area contributed by atoms with Crippen molar-refractivity contribution in [3.63, 3.8) is 0 Å². The van der Waals surface area contributed by atoms with Crippen LogP contribution in [0.1, 0.15) is 39.0 Å². The number of carbonyl (C=O) groups excluding carboxylic acids is 1. The summed E-state index contributed by atoms with van der Waals surface area (Å²) in [6.45, 7) is 2.32. The van der Waals surface area contributed by atoms with E-state index in [-0.39, 0.29) is 37.2 Å². The number of aliphatic hydroxyl groups is 1. The summed E-state index contributed by atoms with van der Waals surface area (Å²) >= 11 is 0. The van der Waals surface area contributed by atoms with Crippen molar-refractivity contribution in [1.29, 1.82) is 0 Å². The first-order valence-electron chi connectivity index (χ1n) is 7.44. The van der Waals surface area contributed by atoms with E-state index in [0.29, 0.717) is 6.54 Å². The van der Waals surface area contributed by atoms with Gasteiger partial charge in [0.2, 0.25) is 0 Å². The van der Waals surface area contributed by atoms with Crippen molar-refractivity contribution >= 4 is 12.0 Å². The summed E-state index contributed by atoms with van der Waals surface area (Å²) < 4.78 is 0. The van der Waals surface area contributed by atoms with Gasteiger partial charge in [0, 0.05) is 12.6 Å². The minimum atomic E-state index is -0.974. The van der Waals surface area contributed by atoms with E-state index in [4.69, 9.17) is 5.11 Å². The summed E-state index contributed by atoms with van der Waals surface area (Å²) in [5.74, 6) is -0.711. The summed E-state index contributed by atoms with van der Waals surface area (Å²) in [5, 5.41) is 18.5. The van der Waals surface area contributed by atoms with Crippen LogP contribution in [0.3, 0.4) is 0 Å². The van der Waals surface area contributed by atoms with Crippen molar-refractivity contribution in [2.24, 2.45) is 5.92 Å². The third-order valence-electron chi connectivity index (χ3n) is 4.63. The van der Waals surface area contributed by atoms with Gasteiger partial charge in [-0.1, -0.05) is 19.8 Å². The zero-order chi connectivity index (χ0) is 14.7. The monoisotopic (exact) mass is 284 g/mol. The lowest BCUT2D eigenvalue weighted by Crippen LogP contribution is -2.52. The molecule has 6 heteroatoms. The van der Waals surface area contributed by atoms with E-state index in [1.807, 2.05) is 6.92 Å². The largest absolute Gasteiger partial charge is 0.480 e. The molecule has 0 aromatic rings. The maximum atomic E-state index is 12.7. The third-order valence-corrected chi connectivity index (χ3v) is 4.63. The predicted octanol–water partition coefficient (Wildman–Crippen LogP) is 1.14. The molecular formula is C14H24N2O4. The van der Waals surface area contributed by atoms with Gasteiger partial charge < -0.3 is 20.0 Å². The summed E-state index contributed by atoms with van der Waals surface area (Å²) in [7, 11) is 0. The van der Waals surface area contributed by atoms with Gasteiger partial charge in [0.15, 0.2) is 0 Å². The Bertz CT molecular complexity index is 368. The Balaban J connectivity index is 2.11. The van der Waals surface area contributed by atoms with Crippen LogP contribution in [0.5, 0.6) is 0 Å². The van der Waals surface area contributed by atoms with Crippen molar-refractivity contribution in [1.82, 2.24) is 9.80 Å². The molecule has 2 amide bonds. The summed E-state index contributed by atoms with van der Waals surface area (Å²) in [6, 6.07) is -0.364. The van der Waals surface area contributed by atoms with E-state index < -0.39 is 5.97 Å². The van der Waals surface area contributed by atoms with Crippen LogP contribution in [0.25, 0.3) is 0 Å². The van der Waals surface area contributed by atoms with Crippen LogP contribution >= 0.6 is 0 Å². The molecule has 1 saturated heterocycles. The number of hydrogen-bond donors (Lipinski definition) is 2. The molecule has 0 bridgehead atoms. The zero-order valence-corrected chi connectivity index (χ0v) is 12.0. The molecule has 0 radical (unpaired) electrons. The molecule has 2 atom stereocenters. The molecule has 20 heavy (non-hydrogen) atoms. The van der Waals surface area contributed by atoms with Gasteiger partial charge in [0.25, 0.3) is 0 Å². The predicted molar refractivity (Wildman–Crippen MR) is 73.4 cm³/mol. The number of likely N-dealkylation sites (tertiary alicyclic amines) is 1. The molecular weight excluding hydrogens is 260 g/mol. The Labute approximate surface area is 119 Å². The molecule has 1 aliphatic heterocycles. The number of urea groups is 1. The third kappa shape index (κ3) is 3.06. The molecule has 6 nitrogen and oxygen atoms in total. The van der Waals surface area contributed by atoms with Gasteiger partial charge in [-0.3, -0.25) is 4.79 Å². The molecule has 2 fully saturated rings. The molecule has 1 aliphatic carbocycles. The lowest BCUT2D eigenvalue weighted by Gasteiger charge is -2.34. The fraction of sp³-hybridized carbons (Fsp3) is 0.857. The highest BCUT2D eigenvalue weighted by molar-refractivity contribution is 5.81. The first-order chi connectivity index (χ1) is 9.54. The van der Waals surface area contributed by atoms with E-state index in [1.165, 1.54) is 4.90 Å². The number of amides is 2. The van der Waals surface area contributed by atoms with Crippen LogP contribution in [0.4, 0.5) is 4.79 Å². The average molecular weight is 284 g/mol. The maximum Gasteiger partial charge on any atom is 0.323 e. The van der Waals surface area contributed by atoms with Gasteiger partial charge in [-0.2, -0.15) is 0 Å². The Morgan fingerprint density at radius 2 is 1.90 bits per heavy atom. The van der Waals surface area contributed by atoms with E-state index in [0.717, 1.165) is 32.1 Å². The lowest BCUT2D eigenvalue weighted by atomic mass is 10.0. The van der Waals surface area contributed by atoms with Gasteiger partial charge in [-0.15, -0.1) is 0 Å². The van der Waals surface area contributed by atoms with Crippen molar-refractivity contribution in [3.8, 4) is 0 Å². The maximum absolute atomic E-state index is 12.7. The molecule has 2 N–H and O–H groups in total. The highest BCUT2D eigenvalue weighted by atomic mass is 16.4. The second-order valence-electron chi connectivity index (χ2n) is 5.95. The normalized spacial score (nSPS) is 27.0. The Hall–Kier alpha value is -1.30. The summed E-state index contributed by atoms with van der Waals surface area (Å²) in [4.78, 5) is 26.9. The van der Waals surface area contributed by atoms with E-state index >= 15 is 0 Å². The van der Waals surface area contributed by atoms with E-state index in [2.05, 4.69) is 0 Å². The van der Waals surface area contributed by atoms with E-state index in [1.54, 1.807) is 4.90 Å². The van der Waals surface area contributed by atoms with Gasteiger partial charge in [-0.25, -0.2) is 4.79 Å². The summed E-state index contributed by atoms with van der Waals surface area (Å²) in [6.07, 6.45) is 4.72. The number of aliphatic hydroxyl groups excluding tert-OH is 1. The molecule has 114 valence electrons. The topological polar surface area (TPSA) is 81.1 Å². The number of carboxylic acids is 1. The molecule has 0 aromatic carbocycles. The lowest BCUT2D eigenvalue weighted by molar-refractivity contribution is -0.138. The number of hydrogen-bond acceptors (Lipinski definition) is 3. The van der Waals surface area contributed by atoms with Crippen LogP contribution in [0.15, 0.2) is 0 Å².